The lowest BCUT2D eigenvalue weighted by atomic mass is 10.2. The number of likely N-dealkylation sites (N-methyl/N-ethyl adjacent to an activating group) is 1. The van der Waals surface area contributed by atoms with E-state index >= 15 is 0 Å². The lowest BCUT2D eigenvalue weighted by molar-refractivity contribution is -0.140. The maximum Gasteiger partial charge on any atom is 0.326 e. The number of nitrogens with two attached hydrogens (primary N) is 1. The van der Waals surface area contributed by atoms with Gasteiger partial charge in [-0.2, -0.15) is 0 Å². The first-order valence-corrected chi connectivity index (χ1v) is 6.16. The summed E-state index contributed by atoms with van der Waals surface area (Å²) in [4.78, 5) is 46.6. The predicted molar refractivity (Wildman–Crippen MR) is 67.6 cm³/mol. The lowest BCUT2D eigenvalue weighted by Crippen LogP contribution is -2.53. The van der Waals surface area contributed by atoms with Gasteiger partial charge in [0.15, 0.2) is 0 Å². The third-order valence-electron chi connectivity index (χ3n) is 3.06. The van der Waals surface area contributed by atoms with E-state index in [2.05, 4.69) is 10.6 Å². The van der Waals surface area contributed by atoms with Crippen LogP contribution in [-0.2, 0) is 14.4 Å². The first-order valence-electron chi connectivity index (χ1n) is 6.16. The minimum atomic E-state index is -1.40. The van der Waals surface area contributed by atoms with Gasteiger partial charge in [0, 0.05) is 13.6 Å². The highest BCUT2D eigenvalue weighted by Crippen LogP contribution is 2.17. The number of hydrogen-bond acceptors (Lipinski definition) is 4. The zero-order valence-corrected chi connectivity index (χ0v) is 11.1. The summed E-state index contributed by atoms with van der Waals surface area (Å²) >= 11 is 0. The summed E-state index contributed by atoms with van der Waals surface area (Å²) in [5.41, 5.74) is 4.93. The van der Waals surface area contributed by atoms with Gasteiger partial charge < -0.3 is 26.4 Å². The maximum atomic E-state index is 12.0. The molecule has 4 amide bonds. The second-order valence-corrected chi connectivity index (χ2v) is 4.48. The van der Waals surface area contributed by atoms with Crippen molar-refractivity contribution in [3.05, 3.63) is 0 Å². The molecule has 112 valence electrons. The molecule has 0 aromatic heterocycles. The third kappa shape index (κ3) is 3.84. The van der Waals surface area contributed by atoms with Gasteiger partial charge in [0.25, 0.3) is 0 Å². The SMILES string of the molecule is CNC(=O)C1CCCN1C(=O)N[C@@H](CC(N)=O)C(=O)O. The van der Waals surface area contributed by atoms with Crippen molar-refractivity contribution in [3.8, 4) is 0 Å². The molecule has 0 aromatic carbocycles. The normalized spacial score (nSPS) is 19.2. The summed E-state index contributed by atoms with van der Waals surface area (Å²) in [6.07, 6.45) is 0.666. The van der Waals surface area contributed by atoms with E-state index in [1.54, 1.807) is 0 Å². The summed E-state index contributed by atoms with van der Waals surface area (Å²) in [5, 5.41) is 13.6. The van der Waals surface area contributed by atoms with Gasteiger partial charge in [0.1, 0.15) is 12.1 Å². The van der Waals surface area contributed by atoms with Gasteiger partial charge >= 0.3 is 12.0 Å². The van der Waals surface area contributed by atoms with Crippen LogP contribution in [0.4, 0.5) is 4.79 Å². The number of nitrogens with zero attached hydrogens (tertiary/aromatic N) is 1. The molecular weight excluding hydrogens is 268 g/mol. The van der Waals surface area contributed by atoms with Crippen molar-refractivity contribution < 1.29 is 24.3 Å². The Labute approximate surface area is 115 Å². The van der Waals surface area contributed by atoms with Crippen LogP contribution < -0.4 is 16.4 Å². The van der Waals surface area contributed by atoms with Crippen molar-refractivity contribution >= 4 is 23.8 Å². The summed E-state index contributed by atoms with van der Waals surface area (Å²) in [6, 6.07) is -2.71. The monoisotopic (exact) mass is 286 g/mol. The number of carbonyl (C=O) groups excluding carboxylic acids is 3. The molecule has 5 N–H and O–H groups in total. The summed E-state index contributed by atoms with van der Waals surface area (Å²) in [7, 11) is 1.46. The molecule has 9 heteroatoms. The van der Waals surface area contributed by atoms with Crippen molar-refractivity contribution in [2.45, 2.75) is 31.3 Å². The van der Waals surface area contributed by atoms with Gasteiger partial charge in [0.2, 0.25) is 11.8 Å². The van der Waals surface area contributed by atoms with Gasteiger partial charge in [0.05, 0.1) is 6.42 Å². The number of primary amides is 1. The van der Waals surface area contributed by atoms with E-state index in [4.69, 9.17) is 10.8 Å². The van der Waals surface area contributed by atoms with E-state index in [0.717, 1.165) is 0 Å². The van der Waals surface area contributed by atoms with E-state index in [1.165, 1.54) is 11.9 Å². The van der Waals surface area contributed by atoms with E-state index in [0.29, 0.717) is 19.4 Å². The Morgan fingerprint density at radius 2 is 2.05 bits per heavy atom. The highest BCUT2D eigenvalue weighted by atomic mass is 16.4. The number of likely N-dealkylation sites (tertiary alicyclic amines) is 1. The molecule has 0 saturated carbocycles. The number of nitrogens with one attached hydrogen (secondary N) is 2. The molecule has 2 atom stereocenters. The Hall–Kier alpha value is -2.32. The standard InChI is InChI=1S/C11H18N4O5/c1-13-9(17)7-3-2-4-15(7)11(20)14-6(10(18)19)5-8(12)16/h6-7H,2-5H2,1H3,(H2,12,16)(H,13,17)(H,14,20)(H,18,19)/t6-,7?/m0/s1. The van der Waals surface area contributed by atoms with Crippen molar-refractivity contribution in [1.29, 1.82) is 0 Å². The Bertz CT molecular complexity index is 425. The molecule has 9 nitrogen and oxygen atoms in total. The second-order valence-electron chi connectivity index (χ2n) is 4.48. The van der Waals surface area contributed by atoms with Crippen LogP contribution in [-0.4, -0.2) is 59.5 Å². The average Bonchev–Trinajstić information content (AvgIpc) is 2.85. The summed E-state index contributed by atoms with van der Waals surface area (Å²) < 4.78 is 0. The van der Waals surface area contributed by atoms with Gasteiger partial charge in [-0.1, -0.05) is 0 Å². The van der Waals surface area contributed by atoms with Crippen LogP contribution in [0.2, 0.25) is 0 Å². The average molecular weight is 286 g/mol. The van der Waals surface area contributed by atoms with Crippen LogP contribution in [0.15, 0.2) is 0 Å². The van der Waals surface area contributed by atoms with Crippen molar-refractivity contribution in [1.82, 2.24) is 15.5 Å². The zero-order chi connectivity index (χ0) is 15.3. The number of urea groups is 1. The molecule has 0 spiro atoms. The van der Waals surface area contributed by atoms with E-state index < -0.39 is 36.4 Å². The molecule has 0 radical (unpaired) electrons. The molecular formula is C11H18N4O5. The zero-order valence-electron chi connectivity index (χ0n) is 11.1. The van der Waals surface area contributed by atoms with Crippen LogP contribution in [0.3, 0.4) is 0 Å². The van der Waals surface area contributed by atoms with Crippen LogP contribution in [0.25, 0.3) is 0 Å². The van der Waals surface area contributed by atoms with E-state index in [1.807, 2.05) is 0 Å². The van der Waals surface area contributed by atoms with Crippen LogP contribution in [0.1, 0.15) is 19.3 Å². The van der Waals surface area contributed by atoms with Crippen molar-refractivity contribution in [2.75, 3.05) is 13.6 Å². The molecule has 1 unspecified atom stereocenters. The fourth-order valence-electron chi connectivity index (χ4n) is 2.08. The number of hydrogen-bond donors (Lipinski definition) is 4. The summed E-state index contributed by atoms with van der Waals surface area (Å²) in [6.45, 7) is 0.354. The number of carbonyl (C=O) groups is 4. The van der Waals surface area contributed by atoms with Crippen molar-refractivity contribution in [2.24, 2.45) is 5.73 Å². The first kappa shape index (κ1) is 15.7. The van der Waals surface area contributed by atoms with E-state index in [-0.39, 0.29) is 5.91 Å². The molecule has 1 aliphatic heterocycles. The summed E-state index contributed by atoms with van der Waals surface area (Å²) in [5.74, 6) is -2.49. The maximum absolute atomic E-state index is 12.0. The van der Waals surface area contributed by atoms with Crippen LogP contribution in [0.5, 0.6) is 0 Å². The third-order valence-corrected chi connectivity index (χ3v) is 3.06. The minimum absolute atomic E-state index is 0.306. The van der Waals surface area contributed by atoms with Gasteiger partial charge in [-0.25, -0.2) is 9.59 Å². The number of aliphatic carboxylic acids is 1. The van der Waals surface area contributed by atoms with E-state index in [9.17, 15) is 19.2 Å². The number of carboxylic acid groups (broad SMARTS) is 1. The van der Waals surface area contributed by atoms with Crippen LogP contribution in [0, 0.1) is 0 Å². The smallest absolute Gasteiger partial charge is 0.326 e. The highest BCUT2D eigenvalue weighted by molar-refractivity contribution is 5.90. The highest BCUT2D eigenvalue weighted by Gasteiger charge is 2.35. The predicted octanol–water partition coefficient (Wildman–Crippen LogP) is -1.76. The Kier molecular flexibility index (Phi) is 5.30. The lowest BCUT2D eigenvalue weighted by Gasteiger charge is -2.25. The largest absolute Gasteiger partial charge is 0.480 e. The fraction of sp³-hybridized carbons (Fsp3) is 0.636. The topological polar surface area (TPSA) is 142 Å². The number of carboxylic acids is 1. The first-order chi connectivity index (χ1) is 9.36. The molecule has 20 heavy (non-hydrogen) atoms. The number of rotatable bonds is 5. The molecule has 1 rings (SSSR count). The molecule has 0 bridgehead atoms. The molecule has 1 fully saturated rings. The van der Waals surface area contributed by atoms with Crippen molar-refractivity contribution in [3.63, 3.8) is 0 Å². The molecule has 1 aliphatic rings. The quantitative estimate of drug-likeness (QED) is 0.473. The minimum Gasteiger partial charge on any atom is -0.480 e. The Morgan fingerprint density at radius 1 is 1.40 bits per heavy atom. The number of amides is 4. The molecule has 0 aromatic rings. The fourth-order valence-corrected chi connectivity index (χ4v) is 2.08. The van der Waals surface area contributed by atoms with Gasteiger partial charge in [-0.3, -0.25) is 9.59 Å². The second kappa shape index (κ2) is 6.73. The molecule has 0 aliphatic carbocycles. The van der Waals surface area contributed by atoms with Gasteiger partial charge in [-0.15, -0.1) is 0 Å². The Balaban J connectivity index is 2.70. The molecule has 1 saturated heterocycles. The van der Waals surface area contributed by atoms with Crippen LogP contribution >= 0.6 is 0 Å². The van der Waals surface area contributed by atoms with Gasteiger partial charge in [-0.05, 0) is 12.8 Å². The Morgan fingerprint density at radius 3 is 2.55 bits per heavy atom. The molecule has 1 heterocycles.